The normalized spacial score (nSPS) is 18.6. The highest BCUT2D eigenvalue weighted by Gasteiger charge is 2.24. The van der Waals surface area contributed by atoms with Gasteiger partial charge >= 0.3 is 0 Å². The number of aryl methyl sites for hydroxylation is 2. The van der Waals surface area contributed by atoms with Gasteiger partial charge in [0.1, 0.15) is 6.04 Å². The molecule has 0 spiro atoms. The van der Waals surface area contributed by atoms with Gasteiger partial charge in [0.2, 0.25) is 5.91 Å². The number of pyridine rings is 1. The molecule has 7 nitrogen and oxygen atoms in total. The molecule has 110 valence electrons. The van der Waals surface area contributed by atoms with Crippen LogP contribution in [0.3, 0.4) is 0 Å². The number of carbonyl (C=O) groups excluding carboxylic acids is 2. The van der Waals surface area contributed by atoms with Crippen molar-refractivity contribution in [3.8, 4) is 0 Å². The summed E-state index contributed by atoms with van der Waals surface area (Å²) in [6.07, 6.45) is 3.05. The number of nitrogens with one attached hydrogen (secondary N) is 2. The highest BCUT2D eigenvalue weighted by molar-refractivity contribution is 5.99. The van der Waals surface area contributed by atoms with Gasteiger partial charge in [-0.3, -0.25) is 14.3 Å². The van der Waals surface area contributed by atoms with Crippen molar-refractivity contribution in [2.75, 3.05) is 6.54 Å². The minimum Gasteiger partial charge on any atom is -0.354 e. The molecule has 2 N–H and O–H groups in total. The van der Waals surface area contributed by atoms with Gasteiger partial charge in [-0.15, -0.1) is 0 Å². The fourth-order valence-corrected chi connectivity index (χ4v) is 2.58. The quantitative estimate of drug-likeness (QED) is 0.830. The molecule has 3 heterocycles. The lowest BCUT2D eigenvalue weighted by atomic mass is 10.1. The van der Waals surface area contributed by atoms with E-state index < -0.39 is 6.04 Å². The van der Waals surface area contributed by atoms with E-state index in [9.17, 15) is 9.59 Å². The summed E-state index contributed by atoms with van der Waals surface area (Å²) in [5, 5.41) is 10.6. The standard InChI is InChI=1S/C14H17N5O2/c1-8-10-6-9(7-16-12(10)19(2)18-8)13(20)17-11-4-3-5-15-14(11)21/h6-7,11H,3-5H2,1-2H3,(H,15,21)(H,17,20). The predicted octanol–water partition coefficient (Wildman–Crippen LogP) is 0.285. The van der Waals surface area contributed by atoms with Crippen molar-refractivity contribution in [3.05, 3.63) is 23.5 Å². The Hall–Kier alpha value is -2.44. The monoisotopic (exact) mass is 287 g/mol. The second-order valence-electron chi connectivity index (χ2n) is 5.26. The lowest BCUT2D eigenvalue weighted by Gasteiger charge is -2.22. The molecule has 1 saturated heterocycles. The molecule has 1 aliphatic heterocycles. The smallest absolute Gasteiger partial charge is 0.253 e. The van der Waals surface area contributed by atoms with E-state index in [0.29, 0.717) is 18.5 Å². The first-order valence-corrected chi connectivity index (χ1v) is 6.94. The summed E-state index contributed by atoms with van der Waals surface area (Å²) in [4.78, 5) is 28.2. The van der Waals surface area contributed by atoms with E-state index in [2.05, 4.69) is 20.7 Å². The van der Waals surface area contributed by atoms with E-state index in [0.717, 1.165) is 23.1 Å². The summed E-state index contributed by atoms with van der Waals surface area (Å²) in [7, 11) is 1.81. The van der Waals surface area contributed by atoms with Crippen LogP contribution in [0.4, 0.5) is 0 Å². The lowest BCUT2D eigenvalue weighted by molar-refractivity contribution is -0.124. The van der Waals surface area contributed by atoms with Crippen LogP contribution < -0.4 is 10.6 Å². The van der Waals surface area contributed by atoms with Crippen LogP contribution in [0.5, 0.6) is 0 Å². The molecule has 2 aromatic rings. The number of hydrogen-bond donors (Lipinski definition) is 2. The SMILES string of the molecule is Cc1nn(C)c2ncc(C(=O)NC3CCCNC3=O)cc12. The highest BCUT2D eigenvalue weighted by atomic mass is 16.2. The number of rotatable bonds is 2. The van der Waals surface area contributed by atoms with Crippen molar-refractivity contribution < 1.29 is 9.59 Å². The van der Waals surface area contributed by atoms with E-state index in [1.165, 1.54) is 6.20 Å². The molecule has 1 fully saturated rings. The first-order chi connectivity index (χ1) is 10.1. The Morgan fingerprint density at radius 1 is 1.52 bits per heavy atom. The third-order valence-corrected chi connectivity index (χ3v) is 3.72. The third kappa shape index (κ3) is 2.46. The second kappa shape index (κ2) is 5.16. The summed E-state index contributed by atoms with van der Waals surface area (Å²) in [6.45, 7) is 2.55. The molecular formula is C14H17N5O2. The topological polar surface area (TPSA) is 88.9 Å². The molecule has 2 amide bonds. The Balaban J connectivity index is 1.84. The number of nitrogens with zero attached hydrogens (tertiary/aromatic N) is 3. The maximum atomic E-state index is 12.3. The van der Waals surface area contributed by atoms with Crippen LogP contribution in [0.15, 0.2) is 12.3 Å². The zero-order chi connectivity index (χ0) is 15.0. The fraction of sp³-hybridized carbons (Fsp3) is 0.429. The van der Waals surface area contributed by atoms with Crippen LogP contribution in [0, 0.1) is 6.92 Å². The van der Waals surface area contributed by atoms with Crippen LogP contribution >= 0.6 is 0 Å². The van der Waals surface area contributed by atoms with Crippen LogP contribution in [-0.4, -0.2) is 39.2 Å². The predicted molar refractivity (Wildman–Crippen MR) is 76.7 cm³/mol. The molecule has 2 aromatic heterocycles. The first kappa shape index (κ1) is 13.5. The number of amides is 2. The minimum atomic E-state index is -0.461. The van der Waals surface area contributed by atoms with Gasteiger partial charge in [0.15, 0.2) is 5.65 Å². The molecule has 3 rings (SSSR count). The average molecular weight is 287 g/mol. The molecule has 0 aromatic carbocycles. The molecule has 1 unspecified atom stereocenters. The Bertz CT molecular complexity index is 721. The molecule has 7 heteroatoms. The van der Waals surface area contributed by atoms with Gasteiger partial charge in [-0.2, -0.15) is 5.10 Å². The van der Waals surface area contributed by atoms with Crippen molar-refractivity contribution in [2.24, 2.45) is 7.05 Å². The van der Waals surface area contributed by atoms with E-state index in [4.69, 9.17) is 0 Å². The summed E-state index contributed by atoms with van der Waals surface area (Å²) in [5.74, 6) is -0.407. The maximum absolute atomic E-state index is 12.3. The molecule has 0 aliphatic carbocycles. The van der Waals surface area contributed by atoms with Crippen molar-refractivity contribution in [1.82, 2.24) is 25.4 Å². The van der Waals surface area contributed by atoms with E-state index in [1.54, 1.807) is 10.7 Å². The minimum absolute atomic E-state index is 0.124. The molecule has 0 bridgehead atoms. The molecule has 21 heavy (non-hydrogen) atoms. The first-order valence-electron chi connectivity index (χ1n) is 6.94. The number of fused-ring (bicyclic) bond motifs is 1. The Morgan fingerprint density at radius 2 is 2.33 bits per heavy atom. The second-order valence-corrected chi connectivity index (χ2v) is 5.26. The molecule has 1 atom stereocenters. The van der Waals surface area contributed by atoms with Gasteiger partial charge in [-0.1, -0.05) is 0 Å². The van der Waals surface area contributed by atoms with E-state index in [-0.39, 0.29) is 11.8 Å². The largest absolute Gasteiger partial charge is 0.354 e. The molecular weight excluding hydrogens is 270 g/mol. The Kier molecular flexibility index (Phi) is 3.32. The summed E-state index contributed by atoms with van der Waals surface area (Å²) < 4.78 is 1.68. The Morgan fingerprint density at radius 3 is 3.10 bits per heavy atom. The average Bonchev–Trinajstić information content (AvgIpc) is 2.76. The third-order valence-electron chi connectivity index (χ3n) is 3.72. The number of carbonyl (C=O) groups is 2. The summed E-state index contributed by atoms with van der Waals surface area (Å²) in [6, 6.07) is 1.30. The number of aromatic nitrogens is 3. The van der Waals surface area contributed by atoms with Crippen molar-refractivity contribution in [3.63, 3.8) is 0 Å². The van der Waals surface area contributed by atoms with Gasteiger partial charge < -0.3 is 10.6 Å². The zero-order valence-electron chi connectivity index (χ0n) is 12.0. The van der Waals surface area contributed by atoms with Crippen LogP contribution in [-0.2, 0) is 11.8 Å². The molecule has 0 radical (unpaired) electrons. The number of hydrogen-bond acceptors (Lipinski definition) is 4. The van der Waals surface area contributed by atoms with Crippen molar-refractivity contribution >= 4 is 22.8 Å². The van der Waals surface area contributed by atoms with Crippen LogP contribution in [0.25, 0.3) is 11.0 Å². The van der Waals surface area contributed by atoms with Crippen molar-refractivity contribution in [1.29, 1.82) is 0 Å². The number of piperidine rings is 1. The maximum Gasteiger partial charge on any atom is 0.253 e. The summed E-state index contributed by atoms with van der Waals surface area (Å²) >= 11 is 0. The van der Waals surface area contributed by atoms with Gasteiger partial charge in [0, 0.05) is 25.2 Å². The zero-order valence-corrected chi connectivity index (χ0v) is 12.0. The summed E-state index contributed by atoms with van der Waals surface area (Å²) in [5.41, 5.74) is 2.00. The highest BCUT2D eigenvalue weighted by Crippen LogP contribution is 2.16. The van der Waals surface area contributed by atoms with Gasteiger partial charge in [-0.25, -0.2) is 4.98 Å². The van der Waals surface area contributed by atoms with E-state index in [1.807, 2.05) is 14.0 Å². The van der Waals surface area contributed by atoms with Crippen molar-refractivity contribution in [2.45, 2.75) is 25.8 Å². The van der Waals surface area contributed by atoms with Gasteiger partial charge in [0.25, 0.3) is 5.91 Å². The lowest BCUT2D eigenvalue weighted by Crippen LogP contribution is -2.50. The van der Waals surface area contributed by atoms with Crippen LogP contribution in [0.2, 0.25) is 0 Å². The van der Waals surface area contributed by atoms with E-state index >= 15 is 0 Å². The van der Waals surface area contributed by atoms with Gasteiger partial charge in [0.05, 0.1) is 11.3 Å². The molecule has 0 saturated carbocycles. The fourth-order valence-electron chi connectivity index (χ4n) is 2.58. The van der Waals surface area contributed by atoms with Crippen LogP contribution in [0.1, 0.15) is 28.9 Å². The van der Waals surface area contributed by atoms with Gasteiger partial charge in [-0.05, 0) is 25.8 Å². The Labute approximate surface area is 121 Å². The molecule has 1 aliphatic rings.